The molecule has 0 aliphatic rings. The average molecular weight is 345 g/mol. The van der Waals surface area contributed by atoms with Gasteiger partial charge in [0.05, 0.1) is 6.04 Å². The molecule has 24 heavy (non-hydrogen) atoms. The van der Waals surface area contributed by atoms with Gasteiger partial charge in [0.15, 0.2) is 0 Å². The minimum absolute atomic E-state index is 0.00321. The summed E-state index contributed by atoms with van der Waals surface area (Å²) in [4.78, 5) is 26.9. The van der Waals surface area contributed by atoms with Crippen molar-refractivity contribution in [2.75, 3.05) is 18.9 Å². The molecule has 2 rings (SSSR count). The fourth-order valence-corrected chi connectivity index (χ4v) is 3.12. The zero-order valence-corrected chi connectivity index (χ0v) is 15.2. The third kappa shape index (κ3) is 4.58. The van der Waals surface area contributed by atoms with Crippen LogP contribution >= 0.6 is 11.3 Å². The van der Waals surface area contributed by atoms with Gasteiger partial charge in [0.25, 0.3) is 0 Å². The Kier molecular flexibility index (Phi) is 5.98. The van der Waals surface area contributed by atoms with Crippen molar-refractivity contribution < 1.29 is 9.59 Å². The minimum atomic E-state index is -0.271. The summed E-state index contributed by atoms with van der Waals surface area (Å²) in [7, 11) is 1.61. The molecule has 0 unspecified atom stereocenters. The Morgan fingerprint density at radius 2 is 1.83 bits per heavy atom. The van der Waals surface area contributed by atoms with Crippen LogP contribution < -0.4 is 10.6 Å². The molecule has 3 amide bonds. The Hall–Kier alpha value is -2.34. The molecule has 5 nitrogen and oxygen atoms in total. The number of urea groups is 1. The highest BCUT2D eigenvalue weighted by Crippen LogP contribution is 2.20. The molecule has 1 aromatic carbocycles. The largest absolute Gasteiger partial charge is 0.331 e. The molecule has 128 valence electrons. The summed E-state index contributed by atoms with van der Waals surface area (Å²) in [5.41, 5.74) is 2.81. The second kappa shape index (κ2) is 7.97. The number of hydrogen-bond acceptors (Lipinski definition) is 3. The minimum Gasteiger partial charge on any atom is -0.331 e. The first-order chi connectivity index (χ1) is 11.4. The number of thiophene rings is 1. The summed E-state index contributed by atoms with van der Waals surface area (Å²) < 4.78 is 0. The first kappa shape index (κ1) is 18.0. The number of amides is 3. The van der Waals surface area contributed by atoms with E-state index in [-0.39, 0.29) is 24.5 Å². The first-order valence-corrected chi connectivity index (χ1v) is 8.67. The van der Waals surface area contributed by atoms with Gasteiger partial charge in [-0.2, -0.15) is 0 Å². The van der Waals surface area contributed by atoms with Crippen LogP contribution in [0.2, 0.25) is 0 Å². The van der Waals surface area contributed by atoms with Crippen molar-refractivity contribution in [3.05, 3.63) is 51.7 Å². The van der Waals surface area contributed by atoms with Crippen molar-refractivity contribution in [3.63, 3.8) is 0 Å². The Labute approximate surface area is 146 Å². The highest BCUT2D eigenvalue weighted by Gasteiger charge is 2.17. The van der Waals surface area contributed by atoms with E-state index in [1.165, 1.54) is 4.90 Å². The van der Waals surface area contributed by atoms with Crippen LogP contribution in [-0.2, 0) is 4.79 Å². The number of anilines is 1. The molecular formula is C18H23N3O2S. The van der Waals surface area contributed by atoms with Crippen LogP contribution in [0.15, 0.2) is 35.7 Å². The maximum absolute atomic E-state index is 12.2. The molecule has 6 heteroatoms. The van der Waals surface area contributed by atoms with E-state index in [9.17, 15) is 9.59 Å². The lowest BCUT2D eigenvalue weighted by molar-refractivity contribution is -0.116. The van der Waals surface area contributed by atoms with E-state index in [2.05, 4.69) is 10.6 Å². The maximum Gasteiger partial charge on any atom is 0.318 e. The van der Waals surface area contributed by atoms with Crippen molar-refractivity contribution in [2.45, 2.75) is 26.8 Å². The third-order valence-corrected chi connectivity index (χ3v) is 4.84. The van der Waals surface area contributed by atoms with Gasteiger partial charge in [-0.25, -0.2) is 4.79 Å². The lowest BCUT2D eigenvalue weighted by Crippen LogP contribution is -2.42. The molecule has 2 N–H and O–H groups in total. The second-order valence-corrected chi connectivity index (χ2v) is 6.84. The van der Waals surface area contributed by atoms with Gasteiger partial charge in [0.1, 0.15) is 6.54 Å². The fraction of sp³-hybridized carbons (Fsp3) is 0.333. The van der Waals surface area contributed by atoms with Gasteiger partial charge in [0, 0.05) is 17.6 Å². The number of para-hydroxylation sites is 1. The van der Waals surface area contributed by atoms with Crippen molar-refractivity contribution in [1.82, 2.24) is 10.2 Å². The Morgan fingerprint density at radius 3 is 2.42 bits per heavy atom. The monoisotopic (exact) mass is 345 g/mol. The fourth-order valence-electron chi connectivity index (χ4n) is 2.38. The summed E-state index contributed by atoms with van der Waals surface area (Å²) >= 11 is 1.59. The van der Waals surface area contributed by atoms with Crippen molar-refractivity contribution >= 4 is 29.0 Å². The van der Waals surface area contributed by atoms with Gasteiger partial charge >= 0.3 is 6.03 Å². The Balaban J connectivity index is 1.90. The number of carbonyl (C=O) groups excluding carboxylic acids is 2. The molecular weight excluding hydrogens is 322 g/mol. The SMILES string of the molecule is Cc1cccc(C)c1NC(=O)CN(C)C(=O)N[C@@H](C)c1cccs1. The van der Waals surface area contributed by atoms with Crippen LogP contribution in [0.25, 0.3) is 0 Å². The van der Waals surface area contributed by atoms with Crippen LogP contribution in [0.4, 0.5) is 10.5 Å². The topological polar surface area (TPSA) is 61.4 Å². The normalized spacial score (nSPS) is 11.7. The van der Waals surface area contributed by atoms with Gasteiger partial charge in [-0.05, 0) is 43.3 Å². The average Bonchev–Trinajstić information content (AvgIpc) is 3.05. The summed E-state index contributed by atoms with van der Waals surface area (Å²) in [6, 6.07) is 9.41. The Morgan fingerprint density at radius 1 is 1.17 bits per heavy atom. The molecule has 0 aliphatic carbocycles. The number of rotatable bonds is 5. The number of nitrogens with zero attached hydrogens (tertiary/aromatic N) is 1. The van der Waals surface area contributed by atoms with Crippen LogP contribution in [-0.4, -0.2) is 30.4 Å². The molecule has 1 aromatic heterocycles. The van der Waals surface area contributed by atoms with Crippen molar-refractivity contribution in [3.8, 4) is 0 Å². The maximum atomic E-state index is 12.2. The van der Waals surface area contributed by atoms with E-state index in [1.54, 1.807) is 18.4 Å². The smallest absolute Gasteiger partial charge is 0.318 e. The summed E-state index contributed by atoms with van der Waals surface area (Å²) in [6.45, 7) is 5.81. The van der Waals surface area contributed by atoms with Gasteiger partial charge < -0.3 is 15.5 Å². The molecule has 2 aromatic rings. The standard InChI is InChI=1S/C18H23N3O2S/c1-12-7-5-8-13(2)17(12)20-16(22)11-21(4)18(23)19-14(3)15-9-6-10-24-15/h5-10,14H,11H2,1-4H3,(H,19,23)(H,20,22)/t14-/m0/s1. The van der Waals surface area contributed by atoms with Crippen LogP contribution in [0.1, 0.15) is 29.0 Å². The van der Waals surface area contributed by atoms with Crippen molar-refractivity contribution in [1.29, 1.82) is 0 Å². The molecule has 0 fully saturated rings. The third-order valence-electron chi connectivity index (χ3n) is 3.78. The Bertz CT molecular complexity index is 693. The number of hydrogen-bond donors (Lipinski definition) is 2. The first-order valence-electron chi connectivity index (χ1n) is 7.79. The number of nitrogens with one attached hydrogen (secondary N) is 2. The number of benzene rings is 1. The summed E-state index contributed by atoms with van der Waals surface area (Å²) in [6.07, 6.45) is 0. The molecule has 0 spiro atoms. The van der Waals surface area contributed by atoms with E-state index in [4.69, 9.17) is 0 Å². The van der Waals surface area contributed by atoms with E-state index in [0.717, 1.165) is 21.7 Å². The molecule has 0 radical (unpaired) electrons. The zero-order valence-electron chi connectivity index (χ0n) is 14.4. The van der Waals surface area contributed by atoms with Gasteiger partial charge in [0.2, 0.25) is 5.91 Å². The zero-order chi connectivity index (χ0) is 17.7. The summed E-state index contributed by atoms with van der Waals surface area (Å²) in [5.74, 6) is -0.214. The molecule has 0 saturated carbocycles. The molecule has 0 bridgehead atoms. The number of likely N-dealkylation sites (N-methyl/N-ethyl adjacent to an activating group) is 1. The van der Waals surface area contributed by atoms with Crippen LogP contribution in [0, 0.1) is 13.8 Å². The van der Waals surface area contributed by atoms with Crippen LogP contribution in [0.3, 0.4) is 0 Å². The van der Waals surface area contributed by atoms with Gasteiger partial charge in [-0.15, -0.1) is 11.3 Å². The number of carbonyl (C=O) groups is 2. The van der Waals surface area contributed by atoms with Crippen molar-refractivity contribution in [2.24, 2.45) is 0 Å². The highest BCUT2D eigenvalue weighted by atomic mass is 32.1. The number of aryl methyl sites for hydroxylation is 2. The predicted octanol–water partition coefficient (Wildman–Crippen LogP) is 3.71. The molecule has 1 heterocycles. The lowest BCUT2D eigenvalue weighted by atomic mass is 10.1. The summed E-state index contributed by atoms with van der Waals surface area (Å²) in [5, 5.41) is 7.75. The van der Waals surface area contributed by atoms with E-state index < -0.39 is 0 Å². The molecule has 1 atom stereocenters. The van der Waals surface area contributed by atoms with E-state index in [0.29, 0.717) is 0 Å². The van der Waals surface area contributed by atoms with Gasteiger partial charge in [-0.3, -0.25) is 4.79 Å². The molecule has 0 aliphatic heterocycles. The predicted molar refractivity (Wildman–Crippen MR) is 98.4 cm³/mol. The van der Waals surface area contributed by atoms with Crippen LogP contribution in [0.5, 0.6) is 0 Å². The van der Waals surface area contributed by atoms with Gasteiger partial charge in [-0.1, -0.05) is 24.3 Å². The second-order valence-electron chi connectivity index (χ2n) is 5.86. The van der Waals surface area contributed by atoms with E-state index >= 15 is 0 Å². The quantitative estimate of drug-likeness (QED) is 0.868. The lowest BCUT2D eigenvalue weighted by Gasteiger charge is -2.21. The van der Waals surface area contributed by atoms with E-state index in [1.807, 2.05) is 56.5 Å². The molecule has 0 saturated heterocycles. The highest BCUT2D eigenvalue weighted by molar-refractivity contribution is 7.10.